The molecule has 2 aliphatic heterocycles. The summed E-state index contributed by atoms with van der Waals surface area (Å²) in [4.78, 5) is 8.20. The first kappa shape index (κ1) is 36.3. The lowest BCUT2D eigenvalue weighted by atomic mass is 10.1. The van der Waals surface area contributed by atoms with Gasteiger partial charge < -0.3 is 37.8 Å². The lowest BCUT2D eigenvalue weighted by molar-refractivity contribution is -0.207. The van der Waals surface area contributed by atoms with Crippen LogP contribution in [0.25, 0.3) is 11.0 Å². The Labute approximate surface area is 279 Å². The highest BCUT2D eigenvalue weighted by molar-refractivity contribution is 7.55. The first-order valence-electron chi connectivity index (χ1n) is 15.5. The van der Waals surface area contributed by atoms with Gasteiger partial charge in [0, 0.05) is 14.7 Å². The number of halogens is 1. The van der Waals surface area contributed by atoms with Gasteiger partial charge in [-0.25, -0.2) is 14.3 Å². The fourth-order valence-corrected chi connectivity index (χ4v) is 8.28. The maximum atomic E-state index is 14.5. The van der Waals surface area contributed by atoms with Gasteiger partial charge in [0.15, 0.2) is 28.8 Å². The zero-order valence-electron chi connectivity index (χ0n) is 27.7. The lowest BCUT2D eigenvalue weighted by Gasteiger charge is -2.37. The van der Waals surface area contributed by atoms with E-state index in [4.69, 9.17) is 44.3 Å². The van der Waals surface area contributed by atoms with Crippen LogP contribution in [0.1, 0.15) is 39.7 Å². The third kappa shape index (κ3) is 7.93. The Morgan fingerprint density at radius 3 is 2.60 bits per heavy atom. The third-order valence-electron chi connectivity index (χ3n) is 7.71. The van der Waals surface area contributed by atoms with E-state index in [0.29, 0.717) is 17.6 Å². The second kappa shape index (κ2) is 14.5. The molecule has 2 fully saturated rings. The Balaban J connectivity index is 1.42. The molecule has 0 spiro atoms. The summed E-state index contributed by atoms with van der Waals surface area (Å²) in [5, 5.41) is 26.0. The molecule has 47 heavy (non-hydrogen) atoms. The van der Waals surface area contributed by atoms with Crippen LogP contribution in [-0.2, 0) is 50.4 Å². The summed E-state index contributed by atoms with van der Waals surface area (Å²) in [5.74, 6) is -0.707. The molecule has 1 N–H and O–H groups in total. The number of nitrogens with zero attached hydrogens (tertiary/aromatic N) is 8. The minimum atomic E-state index is -4.18. The van der Waals surface area contributed by atoms with Gasteiger partial charge in [-0.1, -0.05) is 19.6 Å². The van der Waals surface area contributed by atoms with Crippen LogP contribution < -0.4 is 0 Å². The van der Waals surface area contributed by atoms with Crippen LogP contribution in [0.4, 0.5) is 0 Å². The number of fused-ring (bicyclic) bond motifs is 2. The molecule has 261 valence electrons. The van der Waals surface area contributed by atoms with Gasteiger partial charge in [-0.15, -0.1) is 5.10 Å². The Bertz CT molecular complexity index is 1550. The first-order chi connectivity index (χ1) is 22.2. The number of aliphatic hydroxyl groups is 1. The molecule has 0 aromatic carbocycles. The molecule has 3 aromatic rings. The van der Waals surface area contributed by atoms with Crippen molar-refractivity contribution in [3.05, 3.63) is 23.5 Å². The van der Waals surface area contributed by atoms with Crippen LogP contribution in [0.5, 0.6) is 0 Å². The second-order valence-electron chi connectivity index (χ2n) is 12.9. The fraction of sp³-hybridized carbons (Fsp3) is 0.778. The number of ether oxygens (including phenoxy) is 5. The maximum Gasteiger partial charge on any atom is 0.365 e. The van der Waals surface area contributed by atoms with E-state index >= 15 is 0 Å². The van der Waals surface area contributed by atoms with Crippen LogP contribution in [0.15, 0.2) is 6.20 Å². The van der Waals surface area contributed by atoms with E-state index in [1.807, 2.05) is 0 Å². The normalized spacial score (nSPS) is 24.2. The van der Waals surface area contributed by atoms with Crippen LogP contribution >= 0.6 is 19.2 Å². The molecule has 0 unspecified atom stereocenters. The highest BCUT2D eigenvalue weighted by Crippen LogP contribution is 2.62. The molecule has 5 atom stereocenters. The van der Waals surface area contributed by atoms with Crippen LogP contribution in [0.3, 0.4) is 0 Å². The van der Waals surface area contributed by atoms with E-state index in [0.717, 1.165) is 6.04 Å². The zero-order valence-corrected chi connectivity index (χ0v) is 30.3. The zero-order chi connectivity index (χ0) is 34.0. The second-order valence-corrected chi connectivity index (χ2v) is 21.2. The van der Waals surface area contributed by atoms with E-state index < -0.39 is 57.9 Å². The monoisotopic (exact) mass is 717 g/mol. The number of tetrazole rings is 1. The van der Waals surface area contributed by atoms with Gasteiger partial charge in [-0.2, -0.15) is 10.1 Å². The van der Waals surface area contributed by atoms with Crippen LogP contribution in [-0.4, -0.2) is 116 Å². The van der Waals surface area contributed by atoms with Crippen molar-refractivity contribution < 1.29 is 42.4 Å². The summed E-state index contributed by atoms with van der Waals surface area (Å²) >= 11 is 6.06. The van der Waals surface area contributed by atoms with Gasteiger partial charge in [-0.3, -0.25) is 4.57 Å². The Morgan fingerprint density at radius 2 is 1.91 bits per heavy atom. The van der Waals surface area contributed by atoms with Crippen LogP contribution in [0.2, 0.25) is 31.0 Å². The average Bonchev–Trinajstić information content (AvgIpc) is 3.76. The van der Waals surface area contributed by atoms with Crippen molar-refractivity contribution in [1.29, 1.82) is 0 Å². The maximum absolute atomic E-state index is 14.5. The van der Waals surface area contributed by atoms with E-state index in [-0.39, 0.29) is 44.1 Å². The number of hydrogen-bond donors (Lipinski definition) is 1. The summed E-state index contributed by atoms with van der Waals surface area (Å²) in [6.07, 6.45) is 1.25. The molecule has 0 aliphatic carbocycles. The number of aromatic nitrogens is 8. The SMILES string of the molecule is CCOP(=O)(OCC)[C@@](CO)(Cc1nnnn1COCC[Si](C)(C)C)OC[C@H]1O[C@@H](n2ncc3[c]nc(Cl)nc32)[C@@H]2OC(C)(C)O[C@@H]21. The minimum Gasteiger partial charge on any atom is -0.393 e. The van der Waals surface area contributed by atoms with E-state index in [1.165, 1.54) is 9.36 Å². The predicted molar refractivity (Wildman–Crippen MR) is 169 cm³/mol. The van der Waals surface area contributed by atoms with Gasteiger partial charge >= 0.3 is 7.60 Å². The molecule has 1 radical (unpaired) electrons. The molecule has 0 saturated carbocycles. The van der Waals surface area contributed by atoms with E-state index in [9.17, 15) is 9.67 Å². The third-order valence-corrected chi connectivity index (χ3v) is 12.2. The molecular weight excluding hydrogens is 675 g/mol. The molecule has 5 rings (SSSR count). The lowest BCUT2D eigenvalue weighted by Crippen LogP contribution is -2.45. The molecule has 20 heteroatoms. The van der Waals surface area contributed by atoms with Crippen molar-refractivity contribution >= 4 is 38.3 Å². The molecule has 2 saturated heterocycles. The van der Waals surface area contributed by atoms with Gasteiger partial charge in [0.1, 0.15) is 31.2 Å². The van der Waals surface area contributed by atoms with Crippen molar-refractivity contribution in [2.75, 3.05) is 33.0 Å². The fourth-order valence-electron chi connectivity index (χ4n) is 5.43. The summed E-state index contributed by atoms with van der Waals surface area (Å²) in [6, 6.07) is 0.956. The first-order valence-corrected chi connectivity index (χ1v) is 21.1. The number of aliphatic hydroxyl groups excluding tert-OH is 1. The quantitative estimate of drug-likeness (QED) is 0.0927. The van der Waals surface area contributed by atoms with Crippen molar-refractivity contribution in [2.45, 2.75) is 102 Å². The summed E-state index contributed by atoms with van der Waals surface area (Å²) in [5.41, 5.74) is 0.393. The van der Waals surface area contributed by atoms with Crippen molar-refractivity contribution in [3.8, 4) is 0 Å². The van der Waals surface area contributed by atoms with E-state index in [2.05, 4.69) is 56.4 Å². The van der Waals surface area contributed by atoms with Gasteiger partial charge in [0.2, 0.25) is 5.28 Å². The highest BCUT2D eigenvalue weighted by Gasteiger charge is 2.59. The van der Waals surface area contributed by atoms with Gasteiger partial charge in [0.05, 0.1) is 44.4 Å². The smallest absolute Gasteiger partial charge is 0.365 e. The summed E-state index contributed by atoms with van der Waals surface area (Å²) in [7, 11) is -5.50. The molecule has 0 bridgehead atoms. The molecule has 3 aromatic heterocycles. The Kier molecular flexibility index (Phi) is 11.2. The van der Waals surface area contributed by atoms with Crippen molar-refractivity contribution in [3.63, 3.8) is 0 Å². The van der Waals surface area contributed by atoms with Crippen molar-refractivity contribution in [1.82, 2.24) is 40.0 Å². The summed E-state index contributed by atoms with van der Waals surface area (Å²) in [6.45, 7) is 13.4. The highest BCUT2D eigenvalue weighted by atomic mass is 35.5. The molecule has 2 aliphatic rings. The number of hydrogen-bond acceptors (Lipinski definition) is 15. The Morgan fingerprint density at radius 1 is 1.19 bits per heavy atom. The topological polar surface area (TPSA) is 189 Å². The van der Waals surface area contributed by atoms with Crippen molar-refractivity contribution in [2.24, 2.45) is 0 Å². The standard InChI is InChI=1S/C27H43ClN8O9PSi/c1-8-41-46(38,42-9-2)27(16-37,12-20-32-33-34-35(20)17-39-10-11-47(5,6)7)40-15-19-21-22(45-26(3,4)44-21)24(43-19)36-23-18(14-30-36)13-29-25(28)31-23/h14,19,21-22,24,37H,8-12,15-17H2,1-7H3/t19-,21-,22-,24-,27-/m1/s1. The molecule has 5 heterocycles. The summed E-state index contributed by atoms with van der Waals surface area (Å²) < 4.78 is 60.1. The van der Waals surface area contributed by atoms with Crippen LogP contribution in [0, 0.1) is 6.20 Å². The van der Waals surface area contributed by atoms with Gasteiger partial charge in [0.25, 0.3) is 0 Å². The minimum absolute atomic E-state index is 0.00303. The van der Waals surface area contributed by atoms with E-state index in [1.54, 1.807) is 33.9 Å². The molecule has 0 amide bonds. The Hall–Kier alpha value is -1.96. The average molecular weight is 718 g/mol. The molecule has 17 nitrogen and oxygen atoms in total. The molecular formula is C27H43ClN8O9PSi. The van der Waals surface area contributed by atoms with Gasteiger partial charge in [-0.05, 0) is 55.8 Å². The largest absolute Gasteiger partial charge is 0.393 e. The number of rotatable bonds is 17. The predicted octanol–water partition coefficient (Wildman–Crippen LogP) is 3.21.